The molecule has 106 valence electrons. The van der Waals surface area contributed by atoms with Crippen LogP contribution in [0.4, 0.5) is 4.39 Å². The normalized spacial score (nSPS) is 12.5. The van der Waals surface area contributed by atoms with Gasteiger partial charge in [0.2, 0.25) is 0 Å². The molecule has 3 rings (SSSR count). The number of hydrogen-bond acceptors (Lipinski definition) is 3. The van der Waals surface area contributed by atoms with Crippen molar-refractivity contribution in [3.8, 4) is 0 Å². The van der Waals surface area contributed by atoms with E-state index in [0.29, 0.717) is 5.75 Å². The highest BCUT2D eigenvalue weighted by atomic mass is 32.2. The van der Waals surface area contributed by atoms with Crippen LogP contribution in [0.2, 0.25) is 0 Å². The van der Waals surface area contributed by atoms with Crippen molar-refractivity contribution >= 4 is 22.5 Å². The Kier molecular flexibility index (Phi) is 4.18. The highest BCUT2D eigenvalue weighted by Gasteiger charge is 2.11. The number of aliphatic hydroxyl groups is 1. The fourth-order valence-electron chi connectivity index (χ4n) is 2.26. The van der Waals surface area contributed by atoms with Crippen LogP contribution in [0.15, 0.2) is 65.8 Å². The lowest BCUT2D eigenvalue weighted by Gasteiger charge is -2.13. The van der Waals surface area contributed by atoms with Crippen LogP contribution >= 0.6 is 11.8 Å². The Morgan fingerprint density at radius 1 is 1.14 bits per heavy atom. The number of benzene rings is 2. The number of nitrogens with zero attached hydrogens (tertiary/aromatic N) is 1. The zero-order chi connectivity index (χ0) is 14.7. The van der Waals surface area contributed by atoms with Crippen molar-refractivity contribution in [1.82, 2.24) is 4.98 Å². The molecule has 0 fully saturated rings. The van der Waals surface area contributed by atoms with E-state index in [1.807, 2.05) is 30.3 Å². The van der Waals surface area contributed by atoms with Crippen molar-refractivity contribution in [2.75, 3.05) is 5.75 Å². The summed E-state index contributed by atoms with van der Waals surface area (Å²) in [6.45, 7) is 0. The van der Waals surface area contributed by atoms with E-state index in [0.717, 1.165) is 21.2 Å². The predicted molar refractivity (Wildman–Crippen MR) is 83.8 cm³/mol. The van der Waals surface area contributed by atoms with Gasteiger partial charge < -0.3 is 5.11 Å². The van der Waals surface area contributed by atoms with Crippen LogP contribution in [0, 0.1) is 5.82 Å². The van der Waals surface area contributed by atoms with Crippen LogP contribution in [0.3, 0.4) is 0 Å². The molecule has 1 aromatic heterocycles. The van der Waals surface area contributed by atoms with Crippen molar-refractivity contribution in [1.29, 1.82) is 0 Å². The smallest absolute Gasteiger partial charge is 0.124 e. The number of thioether (sulfide) groups is 1. The molecule has 21 heavy (non-hydrogen) atoms. The molecule has 1 atom stereocenters. The molecule has 1 heterocycles. The van der Waals surface area contributed by atoms with Gasteiger partial charge in [-0.25, -0.2) is 4.39 Å². The van der Waals surface area contributed by atoms with Crippen molar-refractivity contribution in [3.05, 3.63) is 72.3 Å². The maximum absolute atomic E-state index is 13.1. The van der Waals surface area contributed by atoms with Gasteiger partial charge in [-0.05, 0) is 35.2 Å². The summed E-state index contributed by atoms with van der Waals surface area (Å²) < 4.78 is 13.1. The lowest BCUT2D eigenvalue weighted by atomic mass is 10.0. The molecule has 2 aromatic carbocycles. The maximum atomic E-state index is 13.1. The quantitative estimate of drug-likeness (QED) is 0.733. The molecule has 0 saturated carbocycles. The first-order chi connectivity index (χ1) is 10.2. The first kappa shape index (κ1) is 14.0. The van der Waals surface area contributed by atoms with Crippen LogP contribution in [-0.2, 0) is 0 Å². The number of hydrogen-bond donors (Lipinski definition) is 1. The number of halogens is 1. The summed E-state index contributed by atoms with van der Waals surface area (Å²) in [6.07, 6.45) is 2.90. The zero-order valence-electron chi connectivity index (χ0n) is 11.2. The summed E-state index contributed by atoms with van der Waals surface area (Å²) in [6, 6.07) is 14.1. The number of aromatic nitrogens is 1. The van der Waals surface area contributed by atoms with Gasteiger partial charge in [-0.2, -0.15) is 0 Å². The van der Waals surface area contributed by atoms with E-state index in [-0.39, 0.29) is 5.82 Å². The highest BCUT2D eigenvalue weighted by Crippen LogP contribution is 2.29. The third-order valence-electron chi connectivity index (χ3n) is 3.28. The first-order valence-electron chi connectivity index (χ1n) is 6.63. The Labute approximate surface area is 126 Å². The molecule has 0 amide bonds. The van der Waals surface area contributed by atoms with Crippen LogP contribution in [0.1, 0.15) is 11.7 Å². The summed E-state index contributed by atoms with van der Waals surface area (Å²) in [5, 5.41) is 12.4. The Hall–Kier alpha value is -1.91. The topological polar surface area (TPSA) is 33.1 Å². The van der Waals surface area contributed by atoms with Crippen molar-refractivity contribution in [3.63, 3.8) is 0 Å². The molecule has 3 aromatic rings. The average molecular weight is 299 g/mol. The molecule has 0 aliphatic carbocycles. The largest absolute Gasteiger partial charge is 0.388 e. The molecule has 0 bridgehead atoms. The fourth-order valence-corrected chi connectivity index (χ4v) is 3.16. The summed E-state index contributed by atoms with van der Waals surface area (Å²) in [7, 11) is 0. The number of aliphatic hydroxyl groups excluding tert-OH is 1. The molecule has 4 heteroatoms. The minimum absolute atomic E-state index is 0.259. The minimum Gasteiger partial charge on any atom is -0.388 e. The van der Waals surface area contributed by atoms with E-state index in [1.165, 1.54) is 23.9 Å². The van der Waals surface area contributed by atoms with E-state index in [2.05, 4.69) is 4.98 Å². The van der Waals surface area contributed by atoms with Gasteiger partial charge in [0.15, 0.2) is 0 Å². The van der Waals surface area contributed by atoms with Gasteiger partial charge >= 0.3 is 0 Å². The molecular formula is C17H14FNOS. The monoisotopic (exact) mass is 299 g/mol. The van der Waals surface area contributed by atoms with Crippen molar-refractivity contribution < 1.29 is 9.50 Å². The molecule has 0 aliphatic rings. The van der Waals surface area contributed by atoms with Gasteiger partial charge in [-0.1, -0.05) is 24.3 Å². The lowest BCUT2D eigenvalue weighted by Crippen LogP contribution is -2.01. The Morgan fingerprint density at radius 3 is 2.86 bits per heavy atom. The first-order valence-corrected chi connectivity index (χ1v) is 7.61. The van der Waals surface area contributed by atoms with Gasteiger partial charge in [0.25, 0.3) is 0 Å². The zero-order valence-corrected chi connectivity index (χ0v) is 12.1. The Morgan fingerprint density at radius 2 is 2.00 bits per heavy atom. The van der Waals surface area contributed by atoms with E-state index >= 15 is 0 Å². The average Bonchev–Trinajstić information content (AvgIpc) is 2.52. The molecule has 2 nitrogen and oxygen atoms in total. The fraction of sp³-hybridized carbons (Fsp3) is 0.118. The number of pyridine rings is 1. The van der Waals surface area contributed by atoms with Crippen molar-refractivity contribution in [2.45, 2.75) is 11.0 Å². The van der Waals surface area contributed by atoms with E-state index in [4.69, 9.17) is 0 Å². The van der Waals surface area contributed by atoms with E-state index < -0.39 is 6.10 Å². The van der Waals surface area contributed by atoms with Crippen molar-refractivity contribution in [2.24, 2.45) is 0 Å². The second kappa shape index (κ2) is 6.24. The van der Waals surface area contributed by atoms with Crippen LogP contribution < -0.4 is 0 Å². The number of fused-ring (bicyclic) bond motifs is 1. The minimum atomic E-state index is -0.607. The molecule has 0 saturated heterocycles. The van der Waals surface area contributed by atoms with Gasteiger partial charge in [0.1, 0.15) is 5.82 Å². The third kappa shape index (κ3) is 3.23. The molecule has 1 N–H and O–H groups in total. The number of rotatable bonds is 4. The molecular weight excluding hydrogens is 285 g/mol. The molecule has 0 spiro atoms. The van der Waals surface area contributed by atoms with Crippen LogP contribution in [-0.4, -0.2) is 15.8 Å². The van der Waals surface area contributed by atoms with Gasteiger partial charge in [0, 0.05) is 28.4 Å². The molecule has 0 radical (unpaired) electrons. The summed E-state index contributed by atoms with van der Waals surface area (Å²) in [4.78, 5) is 4.90. The summed E-state index contributed by atoms with van der Waals surface area (Å²) in [5.74, 6) is 0.218. The highest BCUT2D eigenvalue weighted by molar-refractivity contribution is 7.99. The second-order valence-corrected chi connectivity index (χ2v) is 5.82. The summed E-state index contributed by atoms with van der Waals surface area (Å²) in [5.41, 5.74) is 0.874. The maximum Gasteiger partial charge on any atom is 0.124 e. The molecule has 1 unspecified atom stereocenters. The molecule has 0 aliphatic heterocycles. The van der Waals surface area contributed by atoms with Gasteiger partial charge in [-0.3, -0.25) is 4.98 Å². The van der Waals surface area contributed by atoms with Crippen LogP contribution in [0.5, 0.6) is 0 Å². The van der Waals surface area contributed by atoms with E-state index in [1.54, 1.807) is 18.5 Å². The predicted octanol–water partition coefficient (Wildman–Crippen LogP) is 4.20. The van der Waals surface area contributed by atoms with E-state index in [9.17, 15) is 9.50 Å². The lowest BCUT2D eigenvalue weighted by molar-refractivity contribution is 0.205. The van der Waals surface area contributed by atoms with Gasteiger partial charge in [0.05, 0.1) is 6.10 Å². The van der Waals surface area contributed by atoms with Crippen LogP contribution in [0.25, 0.3) is 10.8 Å². The Balaban J connectivity index is 1.79. The Bertz CT molecular complexity index is 757. The summed E-state index contributed by atoms with van der Waals surface area (Å²) >= 11 is 1.44. The van der Waals surface area contributed by atoms with Gasteiger partial charge in [-0.15, -0.1) is 11.8 Å². The second-order valence-electron chi connectivity index (χ2n) is 4.73. The third-order valence-corrected chi connectivity index (χ3v) is 4.35. The SMILES string of the molecule is OC(CSc1cccc(F)c1)c1cccc2cnccc12. The standard InChI is InChI=1S/C17H14FNOS/c18-13-4-2-5-14(9-13)21-11-17(20)16-6-1-3-12-10-19-8-7-15(12)16/h1-10,17,20H,11H2.